The van der Waals surface area contributed by atoms with Crippen LogP contribution in [-0.2, 0) is 11.4 Å². The Labute approximate surface area is 185 Å². The lowest BCUT2D eigenvalue weighted by Crippen LogP contribution is -2.35. The van der Waals surface area contributed by atoms with Crippen molar-refractivity contribution in [3.63, 3.8) is 0 Å². The molecular weight excluding hydrogens is 412 g/mol. The molecule has 2 aromatic carbocycles. The number of benzene rings is 2. The molecule has 7 nitrogen and oxygen atoms in total. The number of aliphatic imine (C=N–C) groups is 1. The smallest absolute Gasteiger partial charge is 0.283 e. The number of hydrazone groups is 1. The van der Waals surface area contributed by atoms with E-state index in [1.54, 1.807) is 25.3 Å². The summed E-state index contributed by atoms with van der Waals surface area (Å²) in [6.07, 6.45) is 3.37. The molecule has 31 heavy (non-hydrogen) atoms. The van der Waals surface area contributed by atoms with Gasteiger partial charge in [0.15, 0.2) is 17.3 Å². The fourth-order valence-corrected chi connectivity index (χ4v) is 4.13. The maximum absolute atomic E-state index is 12.6. The number of ether oxygens (including phenoxy) is 2. The van der Waals surface area contributed by atoms with E-state index in [2.05, 4.69) is 17.0 Å². The maximum Gasteiger partial charge on any atom is 0.283 e. The first-order valence-electron chi connectivity index (χ1n) is 9.93. The van der Waals surface area contributed by atoms with Crippen LogP contribution < -0.4 is 9.47 Å². The second kappa shape index (κ2) is 9.18. The molecule has 0 atom stereocenters. The largest absolute Gasteiger partial charge is 0.493 e. The summed E-state index contributed by atoms with van der Waals surface area (Å²) in [7, 11) is 1.57. The third kappa shape index (κ3) is 4.54. The van der Waals surface area contributed by atoms with Crippen LogP contribution in [0.2, 0.25) is 0 Å². The van der Waals surface area contributed by atoms with E-state index in [1.165, 1.54) is 16.8 Å². The van der Waals surface area contributed by atoms with Crippen molar-refractivity contribution < 1.29 is 14.3 Å². The monoisotopic (exact) mass is 434 g/mol. The number of hydrogen-bond acceptors (Lipinski definition) is 6. The minimum atomic E-state index is -0.444. The highest BCUT2D eigenvalue weighted by Gasteiger charge is 2.35. The number of nitrogens with zero attached hydrogens (tertiary/aromatic N) is 3. The van der Waals surface area contributed by atoms with Gasteiger partial charge >= 0.3 is 0 Å². The molecule has 0 radical (unpaired) electrons. The van der Waals surface area contributed by atoms with Gasteiger partial charge in [-0.2, -0.15) is 15.1 Å². The van der Waals surface area contributed by atoms with Crippen LogP contribution in [0, 0.1) is 5.41 Å². The van der Waals surface area contributed by atoms with Gasteiger partial charge in [-0.1, -0.05) is 43.3 Å². The van der Waals surface area contributed by atoms with Gasteiger partial charge in [0, 0.05) is 0 Å². The number of carbonyl (C=O) groups excluding carboxylic acids is 1. The Kier molecular flexibility index (Phi) is 6.18. The number of fused-ring (bicyclic) bond motifs is 1. The van der Waals surface area contributed by atoms with Crippen LogP contribution in [0.3, 0.4) is 0 Å². The number of amidine groups is 2. The van der Waals surface area contributed by atoms with Gasteiger partial charge in [-0.25, -0.2) is 0 Å². The first kappa shape index (κ1) is 20.9. The SMILES string of the molecule is CCCC1=NN2C(=N)C(=Cc3ccc(OCc4ccccc4)c(OC)c3)C(=O)N=C2S1. The summed E-state index contributed by atoms with van der Waals surface area (Å²) < 4.78 is 11.4. The van der Waals surface area contributed by atoms with Gasteiger partial charge in [0.25, 0.3) is 5.91 Å². The fourth-order valence-electron chi connectivity index (χ4n) is 3.14. The number of rotatable bonds is 7. The molecule has 2 heterocycles. The summed E-state index contributed by atoms with van der Waals surface area (Å²) in [6, 6.07) is 15.3. The first-order chi connectivity index (χ1) is 15.1. The van der Waals surface area contributed by atoms with Crippen molar-refractivity contribution in [1.29, 1.82) is 5.41 Å². The molecule has 0 aromatic heterocycles. The zero-order valence-corrected chi connectivity index (χ0v) is 18.1. The zero-order chi connectivity index (χ0) is 21.8. The quantitative estimate of drug-likeness (QED) is 0.639. The normalized spacial score (nSPS) is 16.8. The fraction of sp³-hybridized carbons (Fsp3) is 0.217. The molecule has 2 aromatic rings. The molecule has 0 fully saturated rings. The van der Waals surface area contributed by atoms with Gasteiger partial charge < -0.3 is 9.47 Å². The van der Waals surface area contributed by atoms with Crippen molar-refractivity contribution in [2.24, 2.45) is 10.1 Å². The summed E-state index contributed by atoms with van der Waals surface area (Å²) in [6.45, 7) is 2.48. The lowest BCUT2D eigenvalue weighted by molar-refractivity contribution is -0.114. The number of thioether (sulfide) groups is 1. The molecule has 4 rings (SSSR count). The topological polar surface area (TPSA) is 87.3 Å². The Morgan fingerprint density at radius 2 is 1.97 bits per heavy atom. The van der Waals surface area contributed by atoms with Crippen molar-refractivity contribution >= 4 is 39.8 Å². The van der Waals surface area contributed by atoms with E-state index >= 15 is 0 Å². The summed E-state index contributed by atoms with van der Waals surface area (Å²) in [5, 5.41) is 15.6. The van der Waals surface area contributed by atoms with E-state index in [4.69, 9.17) is 14.9 Å². The van der Waals surface area contributed by atoms with E-state index in [-0.39, 0.29) is 11.4 Å². The molecule has 0 spiro atoms. The van der Waals surface area contributed by atoms with Gasteiger partial charge in [-0.05, 0) is 53.9 Å². The molecule has 1 amide bonds. The first-order valence-corrected chi connectivity index (χ1v) is 10.7. The second-order valence-electron chi connectivity index (χ2n) is 6.95. The standard InChI is InChI=1S/C23H22N4O3S/c1-3-7-20-26-27-21(24)17(22(28)25-23(27)31-20)12-16-10-11-18(19(13-16)29-2)30-14-15-8-5-4-6-9-15/h4-6,8-13,24H,3,7,14H2,1-2H3. The van der Waals surface area contributed by atoms with Gasteiger partial charge in [0.2, 0.25) is 5.17 Å². The third-order valence-electron chi connectivity index (χ3n) is 4.70. The summed E-state index contributed by atoms with van der Waals surface area (Å²) >= 11 is 1.35. The second-order valence-corrected chi connectivity index (χ2v) is 7.99. The highest BCUT2D eigenvalue weighted by Crippen LogP contribution is 2.32. The molecule has 0 unspecified atom stereocenters. The van der Waals surface area contributed by atoms with Crippen molar-refractivity contribution in [3.05, 3.63) is 65.2 Å². The maximum atomic E-state index is 12.6. The zero-order valence-electron chi connectivity index (χ0n) is 17.3. The third-order valence-corrected chi connectivity index (χ3v) is 5.66. The van der Waals surface area contributed by atoms with Crippen LogP contribution in [0.25, 0.3) is 6.08 Å². The van der Waals surface area contributed by atoms with Gasteiger partial charge in [-0.3, -0.25) is 10.2 Å². The minimum absolute atomic E-state index is 0.0250. The Hall–Kier alpha value is -3.39. The molecule has 2 aliphatic rings. The Balaban J connectivity index is 1.55. The van der Waals surface area contributed by atoms with Crippen molar-refractivity contribution in [2.75, 3.05) is 7.11 Å². The molecule has 2 aliphatic heterocycles. The number of methoxy groups -OCH3 is 1. The predicted molar refractivity (Wildman–Crippen MR) is 124 cm³/mol. The molecule has 0 saturated carbocycles. The molecule has 158 valence electrons. The predicted octanol–water partition coefficient (Wildman–Crippen LogP) is 4.69. The van der Waals surface area contributed by atoms with Crippen molar-refractivity contribution in [2.45, 2.75) is 26.4 Å². The van der Waals surface area contributed by atoms with Crippen LogP contribution in [-0.4, -0.2) is 34.1 Å². The lowest BCUT2D eigenvalue weighted by Gasteiger charge is -2.20. The summed E-state index contributed by atoms with van der Waals surface area (Å²) in [5.74, 6) is 0.727. The van der Waals surface area contributed by atoms with Crippen molar-refractivity contribution in [3.8, 4) is 11.5 Å². The molecule has 8 heteroatoms. The van der Waals surface area contributed by atoms with E-state index in [1.807, 2.05) is 36.4 Å². The Morgan fingerprint density at radius 1 is 1.16 bits per heavy atom. The van der Waals surface area contributed by atoms with E-state index < -0.39 is 5.91 Å². The summed E-state index contributed by atoms with van der Waals surface area (Å²) in [5.41, 5.74) is 1.95. The van der Waals surface area contributed by atoms with E-state index in [9.17, 15) is 4.79 Å². The Morgan fingerprint density at radius 3 is 2.71 bits per heavy atom. The van der Waals surface area contributed by atoms with Gasteiger partial charge in [0.1, 0.15) is 11.7 Å². The van der Waals surface area contributed by atoms with Gasteiger partial charge in [-0.15, -0.1) is 0 Å². The van der Waals surface area contributed by atoms with Gasteiger partial charge in [0.05, 0.1) is 12.7 Å². The lowest BCUT2D eigenvalue weighted by atomic mass is 10.1. The van der Waals surface area contributed by atoms with Crippen LogP contribution in [0.5, 0.6) is 11.5 Å². The molecule has 0 saturated heterocycles. The highest BCUT2D eigenvalue weighted by atomic mass is 32.2. The van der Waals surface area contributed by atoms with Crippen LogP contribution >= 0.6 is 11.8 Å². The van der Waals surface area contributed by atoms with Crippen molar-refractivity contribution in [1.82, 2.24) is 5.01 Å². The van der Waals surface area contributed by atoms with Crippen LogP contribution in [0.1, 0.15) is 30.9 Å². The summed E-state index contributed by atoms with van der Waals surface area (Å²) in [4.78, 5) is 16.7. The minimum Gasteiger partial charge on any atom is -0.493 e. The number of carbonyl (C=O) groups is 1. The van der Waals surface area contributed by atoms with Crippen LogP contribution in [0.15, 0.2) is 64.2 Å². The number of hydrogen-bond donors (Lipinski definition) is 1. The van der Waals surface area contributed by atoms with E-state index in [0.29, 0.717) is 28.8 Å². The molecule has 0 bridgehead atoms. The molecule has 0 aliphatic carbocycles. The number of nitrogens with one attached hydrogen (secondary N) is 1. The van der Waals surface area contributed by atoms with Crippen LogP contribution in [0.4, 0.5) is 0 Å². The molecule has 1 N–H and O–H groups in total. The molecular formula is C23H22N4O3S. The number of amides is 1. The average molecular weight is 435 g/mol. The Bertz CT molecular complexity index is 1110. The average Bonchev–Trinajstić information content (AvgIpc) is 3.19. The highest BCUT2D eigenvalue weighted by molar-refractivity contribution is 8.26. The van der Waals surface area contributed by atoms with E-state index in [0.717, 1.165) is 23.4 Å².